The van der Waals surface area contributed by atoms with Crippen molar-refractivity contribution in [3.05, 3.63) is 98.3 Å². The van der Waals surface area contributed by atoms with Crippen LogP contribution in [0.1, 0.15) is 5.69 Å². The minimum Gasteiger partial charge on any atom is -0.324 e. The van der Waals surface area contributed by atoms with Crippen LogP contribution in [0.4, 0.5) is 10.1 Å². The third-order valence-electron chi connectivity index (χ3n) is 4.51. The number of carbonyl (C=O) groups is 1. The fourth-order valence-corrected chi connectivity index (χ4v) is 3.25. The summed E-state index contributed by atoms with van der Waals surface area (Å²) < 4.78 is 15.7. The van der Waals surface area contributed by atoms with Crippen LogP contribution in [0, 0.1) is 5.82 Å². The normalized spacial score (nSPS) is 10.9. The Morgan fingerprint density at radius 3 is 2.71 bits per heavy atom. The Labute approximate surface area is 179 Å². The minimum absolute atomic E-state index is 0.0118. The van der Waals surface area contributed by atoms with Gasteiger partial charge in [-0.1, -0.05) is 17.7 Å². The summed E-state index contributed by atoms with van der Waals surface area (Å²) >= 11 is 5.73. The highest BCUT2D eigenvalue weighted by molar-refractivity contribution is 6.31. The molecule has 1 aromatic carbocycles. The van der Waals surface area contributed by atoms with Crippen molar-refractivity contribution in [2.75, 3.05) is 5.32 Å². The zero-order chi connectivity index (χ0) is 22.0. The van der Waals surface area contributed by atoms with Gasteiger partial charge in [-0.3, -0.25) is 19.1 Å². The third kappa shape index (κ3) is 4.36. The van der Waals surface area contributed by atoms with Gasteiger partial charge in [-0.2, -0.15) is 4.98 Å². The Hall–Kier alpha value is -3.85. The molecule has 10 heteroatoms. The predicted molar refractivity (Wildman–Crippen MR) is 113 cm³/mol. The summed E-state index contributed by atoms with van der Waals surface area (Å²) in [7, 11) is 0. The highest BCUT2D eigenvalue weighted by Gasteiger charge is 2.18. The number of benzene rings is 1. The zero-order valence-electron chi connectivity index (χ0n) is 16.0. The molecule has 4 rings (SSSR count). The first kappa shape index (κ1) is 20.4. The van der Waals surface area contributed by atoms with E-state index in [0.29, 0.717) is 11.4 Å². The van der Waals surface area contributed by atoms with Crippen LogP contribution in [-0.4, -0.2) is 25.0 Å². The van der Waals surface area contributed by atoms with E-state index in [-0.39, 0.29) is 29.5 Å². The van der Waals surface area contributed by atoms with Crippen LogP contribution in [0.5, 0.6) is 0 Å². The van der Waals surface area contributed by atoms with Crippen LogP contribution in [0.3, 0.4) is 0 Å². The van der Waals surface area contributed by atoms with E-state index in [2.05, 4.69) is 15.3 Å². The molecule has 0 fully saturated rings. The molecule has 0 radical (unpaired) electrons. The van der Waals surface area contributed by atoms with Crippen LogP contribution < -0.4 is 16.6 Å². The highest BCUT2D eigenvalue weighted by atomic mass is 35.5. The van der Waals surface area contributed by atoms with Gasteiger partial charge in [0.05, 0.1) is 22.8 Å². The van der Waals surface area contributed by atoms with E-state index in [1.807, 2.05) is 0 Å². The van der Waals surface area contributed by atoms with Gasteiger partial charge in [-0.15, -0.1) is 0 Å². The molecule has 2 aliphatic rings. The number of carbonyl (C=O) groups excluding carboxylic acids is 1. The van der Waals surface area contributed by atoms with E-state index in [1.54, 1.807) is 30.5 Å². The average molecular weight is 440 g/mol. The lowest BCUT2D eigenvalue weighted by Gasteiger charge is -2.15. The number of hydrogen-bond donors (Lipinski definition) is 1. The Morgan fingerprint density at radius 2 is 1.97 bits per heavy atom. The lowest BCUT2D eigenvalue weighted by atomic mass is 10.2. The number of hydrogen-bond acceptors (Lipinski definition) is 5. The molecule has 0 unspecified atom stereocenters. The van der Waals surface area contributed by atoms with Gasteiger partial charge >= 0.3 is 5.69 Å². The van der Waals surface area contributed by atoms with Crippen molar-refractivity contribution in [2.24, 2.45) is 0 Å². The lowest BCUT2D eigenvalue weighted by Crippen LogP contribution is -2.38. The maximum Gasteiger partial charge on any atom is 0.352 e. The first-order valence-corrected chi connectivity index (χ1v) is 9.55. The largest absolute Gasteiger partial charge is 0.352 e. The monoisotopic (exact) mass is 439 g/mol. The molecule has 31 heavy (non-hydrogen) atoms. The molecule has 0 saturated carbocycles. The summed E-state index contributed by atoms with van der Waals surface area (Å²) in [5.41, 5.74) is -0.221. The van der Waals surface area contributed by atoms with Gasteiger partial charge in [-0.25, -0.2) is 9.18 Å². The van der Waals surface area contributed by atoms with Gasteiger partial charge in [0.15, 0.2) is 5.82 Å². The molecule has 1 amide bonds. The molecule has 0 aliphatic carbocycles. The first-order chi connectivity index (χ1) is 14.9. The van der Waals surface area contributed by atoms with E-state index in [0.717, 1.165) is 10.6 Å². The Bertz CT molecular complexity index is 1350. The van der Waals surface area contributed by atoms with Gasteiger partial charge in [0.25, 0.3) is 5.56 Å². The molecule has 0 spiro atoms. The second kappa shape index (κ2) is 8.49. The molecule has 2 aliphatic heterocycles. The smallest absolute Gasteiger partial charge is 0.324 e. The van der Waals surface area contributed by atoms with E-state index >= 15 is 0 Å². The standard InChI is InChI=1S/C21H15ClFN5O3/c22-16-10-13(6-7-17(16)23)25-18(29)12-27-9-3-5-15-19(27)26-21(31)28(20(15)30)11-14-4-1-2-8-24-14/h1-10H,11-12H2,(H,25,29). The summed E-state index contributed by atoms with van der Waals surface area (Å²) in [4.78, 5) is 46.0. The molecular weight excluding hydrogens is 425 g/mol. The van der Waals surface area contributed by atoms with Crippen LogP contribution in [0.25, 0.3) is 11.4 Å². The van der Waals surface area contributed by atoms with Gasteiger partial charge < -0.3 is 9.88 Å². The van der Waals surface area contributed by atoms with Crippen molar-refractivity contribution >= 4 is 23.2 Å². The number of fused-ring (bicyclic) bond motifs is 1. The van der Waals surface area contributed by atoms with E-state index in [1.165, 1.54) is 29.0 Å². The van der Waals surface area contributed by atoms with Crippen molar-refractivity contribution in [1.82, 2.24) is 19.1 Å². The van der Waals surface area contributed by atoms with Crippen LogP contribution in [0.15, 0.2) is 70.5 Å². The topological polar surface area (TPSA) is 98.9 Å². The number of aromatic nitrogens is 4. The maximum atomic E-state index is 13.3. The van der Waals surface area contributed by atoms with Crippen LogP contribution >= 0.6 is 11.6 Å². The fourth-order valence-electron chi connectivity index (χ4n) is 3.07. The Balaban J connectivity index is 1.63. The minimum atomic E-state index is -0.742. The number of anilines is 1. The second-order valence-electron chi connectivity index (χ2n) is 6.66. The fraction of sp³-hybridized carbons (Fsp3) is 0.0952. The van der Waals surface area contributed by atoms with Gasteiger partial charge in [0.2, 0.25) is 5.91 Å². The molecule has 2 aromatic rings. The summed E-state index contributed by atoms with van der Waals surface area (Å²) in [5.74, 6) is -0.980. The van der Waals surface area contributed by atoms with Crippen molar-refractivity contribution in [1.29, 1.82) is 0 Å². The van der Waals surface area contributed by atoms with E-state index < -0.39 is 23.0 Å². The van der Waals surface area contributed by atoms with Crippen molar-refractivity contribution in [2.45, 2.75) is 13.1 Å². The van der Waals surface area contributed by atoms with E-state index in [4.69, 9.17) is 11.6 Å². The average Bonchev–Trinajstić information content (AvgIpc) is 2.75. The molecule has 0 bridgehead atoms. The lowest BCUT2D eigenvalue weighted by molar-refractivity contribution is -0.116. The van der Waals surface area contributed by atoms with Crippen molar-refractivity contribution in [3.8, 4) is 11.4 Å². The predicted octanol–water partition coefficient (Wildman–Crippen LogP) is 2.38. The third-order valence-corrected chi connectivity index (χ3v) is 4.80. The summed E-state index contributed by atoms with van der Waals surface area (Å²) in [6, 6.07) is 12.1. The zero-order valence-corrected chi connectivity index (χ0v) is 16.7. The maximum absolute atomic E-state index is 13.3. The number of pyridine rings is 2. The summed E-state index contributed by atoms with van der Waals surface area (Å²) in [5, 5.41) is 2.46. The molecule has 1 aromatic heterocycles. The Morgan fingerprint density at radius 1 is 1.13 bits per heavy atom. The molecule has 0 saturated heterocycles. The van der Waals surface area contributed by atoms with Gasteiger partial charge in [0, 0.05) is 18.1 Å². The molecule has 156 valence electrons. The first-order valence-electron chi connectivity index (χ1n) is 9.17. The molecule has 3 heterocycles. The summed E-state index contributed by atoms with van der Waals surface area (Å²) in [6.45, 7) is -0.232. The van der Waals surface area contributed by atoms with Gasteiger partial charge in [-0.05, 0) is 42.5 Å². The van der Waals surface area contributed by atoms with E-state index in [9.17, 15) is 18.8 Å². The second-order valence-corrected chi connectivity index (χ2v) is 7.06. The molecule has 0 atom stereocenters. The van der Waals surface area contributed by atoms with Crippen LogP contribution in [-0.2, 0) is 17.9 Å². The number of amides is 1. The molecule has 1 N–H and O–H groups in total. The van der Waals surface area contributed by atoms with Gasteiger partial charge in [0.1, 0.15) is 12.4 Å². The number of halogens is 2. The van der Waals surface area contributed by atoms with Crippen molar-refractivity contribution < 1.29 is 9.18 Å². The summed E-state index contributed by atoms with van der Waals surface area (Å²) in [6.07, 6.45) is 3.11. The number of rotatable bonds is 5. The van der Waals surface area contributed by atoms with Crippen molar-refractivity contribution in [3.63, 3.8) is 0 Å². The highest BCUT2D eigenvalue weighted by Crippen LogP contribution is 2.19. The number of nitrogens with zero attached hydrogens (tertiary/aromatic N) is 4. The number of nitrogens with one attached hydrogen (secondary N) is 1. The SMILES string of the molecule is O=C(Cn1cccc2c(=O)n(Cc3ccccn3)c(=O)nc1-2)Nc1ccc(F)c(Cl)c1. The molecule has 8 nitrogen and oxygen atoms in total. The Kier molecular flexibility index (Phi) is 5.59. The van der Waals surface area contributed by atoms with Crippen LogP contribution in [0.2, 0.25) is 5.02 Å². The quantitative estimate of drug-likeness (QED) is 0.514. The molecular formula is C21H15ClFN5O3.